The Morgan fingerprint density at radius 1 is 1.19 bits per heavy atom. The summed E-state index contributed by atoms with van der Waals surface area (Å²) in [4.78, 5) is 2.72. The number of hydrogen-bond acceptors (Lipinski definition) is 2. The average Bonchev–Trinajstić information content (AvgIpc) is 3.26. The van der Waals surface area contributed by atoms with Gasteiger partial charge in [-0.2, -0.15) is 0 Å². The summed E-state index contributed by atoms with van der Waals surface area (Å²) in [5, 5.41) is 3.60. The van der Waals surface area contributed by atoms with Crippen LogP contribution in [0.3, 0.4) is 0 Å². The Morgan fingerprint density at radius 2 is 1.86 bits per heavy atom. The molecule has 0 amide bonds. The molecule has 2 aliphatic rings. The Labute approximate surface area is 129 Å². The van der Waals surface area contributed by atoms with E-state index in [1.165, 1.54) is 30.5 Å². The van der Waals surface area contributed by atoms with E-state index in [4.69, 9.17) is 0 Å². The van der Waals surface area contributed by atoms with Crippen LogP contribution in [0.4, 0.5) is 0 Å². The van der Waals surface area contributed by atoms with Crippen molar-refractivity contribution in [3.8, 4) is 0 Å². The molecule has 1 saturated carbocycles. The van der Waals surface area contributed by atoms with Crippen molar-refractivity contribution in [2.24, 2.45) is 5.92 Å². The van der Waals surface area contributed by atoms with Crippen LogP contribution in [0.2, 0.25) is 0 Å². The molecule has 0 aromatic heterocycles. The van der Waals surface area contributed by atoms with E-state index in [0.29, 0.717) is 5.54 Å². The molecule has 1 aromatic rings. The number of benzene rings is 1. The van der Waals surface area contributed by atoms with E-state index in [9.17, 15) is 0 Å². The molecule has 1 heterocycles. The molecule has 1 aliphatic carbocycles. The summed E-state index contributed by atoms with van der Waals surface area (Å²) in [6, 6.07) is 9.28. The minimum atomic E-state index is 0.246. The van der Waals surface area contributed by atoms with Gasteiger partial charge < -0.3 is 5.32 Å². The summed E-state index contributed by atoms with van der Waals surface area (Å²) < 4.78 is 0. The second-order valence-electron chi connectivity index (χ2n) is 8.18. The van der Waals surface area contributed by atoms with Crippen molar-refractivity contribution < 1.29 is 0 Å². The van der Waals surface area contributed by atoms with Gasteiger partial charge >= 0.3 is 0 Å². The molecule has 1 aliphatic heterocycles. The number of hydrogen-bond donors (Lipinski definition) is 1. The van der Waals surface area contributed by atoms with E-state index in [2.05, 4.69) is 62.2 Å². The summed E-state index contributed by atoms with van der Waals surface area (Å²) in [5.74, 6) is 0.902. The van der Waals surface area contributed by atoms with Gasteiger partial charge in [0.2, 0.25) is 0 Å². The van der Waals surface area contributed by atoms with Gasteiger partial charge in [-0.15, -0.1) is 0 Å². The van der Waals surface area contributed by atoms with E-state index in [0.717, 1.165) is 25.6 Å². The largest absolute Gasteiger partial charge is 0.314 e. The third-order valence-corrected chi connectivity index (χ3v) is 5.41. The smallest absolute Gasteiger partial charge is 0.0337 e. The Bertz CT molecular complexity index is 481. The zero-order valence-corrected chi connectivity index (χ0v) is 14.1. The lowest BCUT2D eigenvalue weighted by Crippen LogP contribution is -2.60. The standard InChI is InChI=1S/C19H30N2/c1-18(2,3)16-7-5-15(6-8-16)13-21-12-11-20-14-19(21,4)17-9-10-17/h5-8,17,20H,9-14H2,1-4H3. The minimum absolute atomic E-state index is 0.246. The fraction of sp³-hybridized carbons (Fsp3) is 0.684. The molecule has 1 saturated heterocycles. The van der Waals surface area contributed by atoms with Gasteiger partial charge in [-0.25, -0.2) is 0 Å². The summed E-state index contributed by atoms with van der Waals surface area (Å²) in [6.07, 6.45) is 2.83. The number of nitrogens with zero attached hydrogens (tertiary/aromatic N) is 1. The van der Waals surface area contributed by atoms with E-state index in [1.807, 2.05) is 0 Å². The normalized spacial score (nSPS) is 27.8. The van der Waals surface area contributed by atoms with E-state index >= 15 is 0 Å². The van der Waals surface area contributed by atoms with Crippen LogP contribution in [0.5, 0.6) is 0 Å². The summed E-state index contributed by atoms with van der Waals surface area (Å²) >= 11 is 0. The van der Waals surface area contributed by atoms with Crippen molar-refractivity contribution in [2.75, 3.05) is 19.6 Å². The summed E-state index contributed by atoms with van der Waals surface area (Å²) in [5.41, 5.74) is 3.49. The van der Waals surface area contributed by atoms with Crippen molar-refractivity contribution in [3.05, 3.63) is 35.4 Å². The predicted octanol–water partition coefficient (Wildman–Crippen LogP) is 3.56. The van der Waals surface area contributed by atoms with Crippen LogP contribution in [-0.2, 0) is 12.0 Å². The van der Waals surface area contributed by atoms with Crippen LogP contribution in [0.1, 0.15) is 51.7 Å². The second kappa shape index (κ2) is 5.40. The first-order chi connectivity index (χ1) is 9.89. The highest BCUT2D eigenvalue weighted by atomic mass is 15.3. The van der Waals surface area contributed by atoms with Gasteiger partial charge in [0.25, 0.3) is 0 Å². The highest BCUT2D eigenvalue weighted by Crippen LogP contribution is 2.44. The highest BCUT2D eigenvalue weighted by Gasteiger charge is 2.46. The lowest BCUT2D eigenvalue weighted by Gasteiger charge is -2.46. The monoisotopic (exact) mass is 286 g/mol. The fourth-order valence-electron chi connectivity index (χ4n) is 3.62. The molecule has 1 N–H and O–H groups in total. The molecule has 0 spiro atoms. The maximum atomic E-state index is 3.60. The quantitative estimate of drug-likeness (QED) is 0.914. The Morgan fingerprint density at radius 3 is 2.43 bits per heavy atom. The molecule has 21 heavy (non-hydrogen) atoms. The summed E-state index contributed by atoms with van der Waals surface area (Å²) in [6.45, 7) is 13.8. The first kappa shape index (κ1) is 15.1. The van der Waals surface area contributed by atoms with E-state index in [-0.39, 0.29) is 5.41 Å². The zero-order chi connectivity index (χ0) is 15.1. The molecule has 1 atom stereocenters. The Balaban J connectivity index is 1.73. The maximum Gasteiger partial charge on any atom is 0.0337 e. The number of nitrogens with one attached hydrogen (secondary N) is 1. The van der Waals surface area contributed by atoms with Crippen LogP contribution in [0, 0.1) is 5.92 Å². The minimum Gasteiger partial charge on any atom is -0.314 e. The molecule has 2 heteroatoms. The van der Waals surface area contributed by atoms with Crippen LogP contribution < -0.4 is 5.32 Å². The molecule has 1 aromatic carbocycles. The SMILES string of the molecule is CC(C)(C)c1ccc(CN2CCNCC2(C)C2CC2)cc1. The van der Waals surface area contributed by atoms with Crippen LogP contribution >= 0.6 is 0 Å². The van der Waals surface area contributed by atoms with Crippen LogP contribution in [0.15, 0.2) is 24.3 Å². The Hall–Kier alpha value is -0.860. The van der Waals surface area contributed by atoms with Crippen molar-refractivity contribution in [1.82, 2.24) is 10.2 Å². The molecule has 116 valence electrons. The van der Waals surface area contributed by atoms with Crippen molar-refractivity contribution >= 4 is 0 Å². The van der Waals surface area contributed by atoms with Crippen molar-refractivity contribution in [1.29, 1.82) is 0 Å². The predicted molar refractivity (Wildman–Crippen MR) is 89.6 cm³/mol. The molecule has 2 fully saturated rings. The first-order valence-electron chi connectivity index (χ1n) is 8.45. The van der Waals surface area contributed by atoms with Crippen molar-refractivity contribution in [3.63, 3.8) is 0 Å². The molecule has 3 rings (SSSR count). The van der Waals surface area contributed by atoms with Gasteiger partial charge in [0.15, 0.2) is 0 Å². The van der Waals surface area contributed by atoms with Crippen molar-refractivity contribution in [2.45, 2.75) is 58.0 Å². The topological polar surface area (TPSA) is 15.3 Å². The molecule has 0 radical (unpaired) electrons. The van der Waals surface area contributed by atoms with Gasteiger partial charge in [-0.3, -0.25) is 4.90 Å². The lowest BCUT2D eigenvalue weighted by atomic mass is 9.86. The van der Waals surface area contributed by atoms with Gasteiger partial charge in [0, 0.05) is 31.7 Å². The molecule has 2 nitrogen and oxygen atoms in total. The van der Waals surface area contributed by atoms with E-state index in [1.54, 1.807) is 0 Å². The first-order valence-corrected chi connectivity index (χ1v) is 8.45. The van der Waals surface area contributed by atoms with Crippen LogP contribution in [-0.4, -0.2) is 30.1 Å². The van der Waals surface area contributed by atoms with Crippen LogP contribution in [0.25, 0.3) is 0 Å². The number of rotatable bonds is 3. The molecular weight excluding hydrogens is 256 g/mol. The molecule has 0 bridgehead atoms. The Kier molecular flexibility index (Phi) is 3.87. The zero-order valence-electron chi connectivity index (χ0n) is 14.1. The second-order valence-corrected chi connectivity index (χ2v) is 8.18. The van der Waals surface area contributed by atoms with Gasteiger partial charge in [-0.05, 0) is 42.2 Å². The number of piperazine rings is 1. The third kappa shape index (κ3) is 3.17. The molecular formula is C19H30N2. The average molecular weight is 286 g/mol. The fourth-order valence-corrected chi connectivity index (χ4v) is 3.62. The third-order valence-electron chi connectivity index (χ3n) is 5.41. The maximum absolute atomic E-state index is 3.60. The molecule has 1 unspecified atom stereocenters. The van der Waals surface area contributed by atoms with Gasteiger partial charge in [-0.1, -0.05) is 45.0 Å². The van der Waals surface area contributed by atoms with E-state index < -0.39 is 0 Å². The highest BCUT2D eigenvalue weighted by molar-refractivity contribution is 5.27. The lowest BCUT2D eigenvalue weighted by molar-refractivity contribution is 0.0484. The summed E-state index contributed by atoms with van der Waals surface area (Å²) in [7, 11) is 0. The van der Waals surface area contributed by atoms with Gasteiger partial charge in [0.05, 0.1) is 0 Å². The van der Waals surface area contributed by atoms with Gasteiger partial charge in [0.1, 0.15) is 0 Å².